The van der Waals surface area contributed by atoms with E-state index in [4.69, 9.17) is 37.7 Å². The Morgan fingerprint density at radius 3 is 2.23 bits per heavy atom. The quantitative estimate of drug-likeness (QED) is 0.181. The zero-order valence-electron chi connectivity index (χ0n) is 23.5. The van der Waals surface area contributed by atoms with Crippen molar-refractivity contribution in [2.75, 3.05) is 26.1 Å². The number of nitrogens with zero attached hydrogens (tertiary/aromatic N) is 3. The Morgan fingerprint density at radius 1 is 0.860 bits per heavy atom. The lowest BCUT2D eigenvalue weighted by molar-refractivity contribution is -0.117. The number of methoxy groups -OCH3 is 2. The Bertz CT molecular complexity index is 1740. The average Bonchev–Trinajstić information content (AvgIpc) is 3.44. The maximum absolute atomic E-state index is 13.6. The van der Waals surface area contributed by atoms with Crippen LogP contribution in [0.3, 0.4) is 0 Å². The van der Waals surface area contributed by atoms with Crippen LogP contribution >= 0.6 is 23.2 Å². The highest BCUT2D eigenvalue weighted by atomic mass is 35.5. The van der Waals surface area contributed by atoms with Crippen LogP contribution in [0.25, 0.3) is 16.9 Å². The van der Waals surface area contributed by atoms with Crippen molar-refractivity contribution in [3.05, 3.63) is 124 Å². The number of anilines is 1. The number of carbonyl (C=O) groups is 2. The Balaban J connectivity index is 1.47. The molecule has 4 aromatic carbocycles. The Kier molecular flexibility index (Phi) is 9.29. The second-order valence-corrected chi connectivity index (χ2v) is 10.4. The van der Waals surface area contributed by atoms with Crippen LogP contribution < -0.4 is 14.8 Å². The van der Waals surface area contributed by atoms with E-state index in [-0.39, 0.29) is 29.6 Å². The van der Waals surface area contributed by atoms with Crippen molar-refractivity contribution >= 4 is 41.0 Å². The molecule has 0 aliphatic heterocycles. The molecule has 1 N–H and O–H groups in total. The van der Waals surface area contributed by atoms with Gasteiger partial charge in [-0.3, -0.25) is 19.5 Å². The van der Waals surface area contributed by atoms with Gasteiger partial charge in [-0.05, 0) is 35.9 Å². The van der Waals surface area contributed by atoms with Gasteiger partial charge in [0, 0.05) is 29.4 Å². The third-order valence-corrected chi connectivity index (χ3v) is 7.22. The molecule has 5 rings (SSSR count). The fourth-order valence-electron chi connectivity index (χ4n) is 4.56. The first kappa shape index (κ1) is 29.7. The highest BCUT2D eigenvalue weighted by molar-refractivity contribution is 6.36. The fraction of sp³-hybridized carbons (Fsp3) is 0.121. The molecule has 0 radical (unpaired) electrons. The molecule has 8 nitrogen and oxygen atoms in total. The van der Waals surface area contributed by atoms with Gasteiger partial charge in [0.15, 0.2) is 11.5 Å². The molecule has 0 aliphatic rings. The molecular formula is C33H28Cl2N4O4. The van der Waals surface area contributed by atoms with Gasteiger partial charge in [-0.15, -0.1) is 0 Å². The largest absolute Gasteiger partial charge is 0.493 e. The number of hydrogen-bond donors (Lipinski definition) is 1. The maximum atomic E-state index is 13.6. The van der Waals surface area contributed by atoms with E-state index in [2.05, 4.69) is 5.32 Å². The van der Waals surface area contributed by atoms with Crippen molar-refractivity contribution in [3.8, 4) is 28.4 Å². The molecule has 0 saturated carbocycles. The third-order valence-electron chi connectivity index (χ3n) is 6.67. The number of rotatable bonds is 10. The summed E-state index contributed by atoms with van der Waals surface area (Å²) in [7, 11) is 3.12. The Labute approximate surface area is 259 Å². The van der Waals surface area contributed by atoms with E-state index >= 15 is 0 Å². The highest BCUT2D eigenvalue weighted by Crippen LogP contribution is 2.32. The molecule has 0 bridgehead atoms. The summed E-state index contributed by atoms with van der Waals surface area (Å²) < 4.78 is 12.6. The van der Waals surface area contributed by atoms with Crippen LogP contribution in [0.2, 0.25) is 10.0 Å². The van der Waals surface area contributed by atoms with Crippen molar-refractivity contribution < 1.29 is 19.1 Å². The van der Waals surface area contributed by atoms with E-state index in [0.29, 0.717) is 27.9 Å². The first-order valence-electron chi connectivity index (χ1n) is 13.3. The molecule has 0 aliphatic carbocycles. The van der Waals surface area contributed by atoms with Crippen LogP contribution in [-0.4, -0.2) is 47.0 Å². The molecule has 5 aromatic rings. The number of carbonyl (C=O) groups excluding carboxylic acids is 2. The maximum Gasteiger partial charge on any atom is 0.256 e. The molecule has 0 unspecified atom stereocenters. The molecule has 2 amide bonds. The molecule has 1 heterocycles. The molecule has 1 aromatic heterocycles. The lowest BCUT2D eigenvalue weighted by Crippen LogP contribution is -2.38. The normalized spacial score (nSPS) is 10.7. The molecule has 218 valence electrons. The molecule has 0 atom stereocenters. The van der Waals surface area contributed by atoms with E-state index in [1.165, 1.54) is 11.0 Å². The number of halogens is 2. The summed E-state index contributed by atoms with van der Waals surface area (Å²) in [4.78, 5) is 33.4. The van der Waals surface area contributed by atoms with E-state index < -0.39 is 11.8 Å². The van der Waals surface area contributed by atoms with Gasteiger partial charge in [-0.2, -0.15) is 0 Å². The van der Waals surface area contributed by atoms with Crippen molar-refractivity contribution in [1.82, 2.24) is 14.5 Å². The summed E-state index contributed by atoms with van der Waals surface area (Å²) in [5, 5.41) is 3.51. The van der Waals surface area contributed by atoms with E-state index in [1.54, 1.807) is 43.1 Å². The first-order valence-corrected chi connectivity index (χ1v) is 14.1. The minimum absolute atomic E-state index is 0.186. The lowest BCUT2D eigenvalue weighted by Gasteiger charge is -2.23. The first-order chi connectivity index (χ1) is 20.9. The Hall–Kier alpha value is -4.79. The fourth-order valence-corrected chi connectivity index (χ4v) is 5.05. The summed E-state index contributed by atoms with van der Waals surface area (Å²) in [6, 6.07) is 29.1. The number of imidazole rings is 1. The summed E-state index contributed by atoms with van der Waals surface area (Å²) in [6.07, 6.45) is 1.83. The smallest absolute Gasteiger partial charge is 0.256 e. The summed E-state index contributed by atoms with van der Waals surface area (Å²) in [6.45, 7) is -0.0718. The van der Waals surface area contributed by atoms with Crippen molar-refractivity contribution in [2.45, 2.75) is 6.54 Å². The van der Waals surface area contributed by atoms with Gasteiger partial charge in [0.1, 0.15) is 6.54 Å². The van der Waals surface area contributed by atoms with E-state index in [9.17, 15) is 9.59 Å². The number of nitrogens with one attached hydrogen (secondary N) is 1. The van der Waals surface area contributed by atoms with Gasteiger partial charge in [-0.1, -0.05) is 83.9 Å². The summed E-state index contributed by atoms with van der Waals surface area (Å²) >= 11 is 12.4. The topological polar surface area (TPSA) is 85.7 Å². The monoisotopic (exact) mass is 614 g/mol. The van der Waals surface area contributed by atoms with Gasteiger partial charge in [0.2, 0.25) is 11.9 Å². The average molecular weight is 616 g/mol. The molecule has 0 fully saturated rings. The van der Waals surface area contributed by atoms with Crippen LogP contribution in [0, 0.1) is 0 Å². The minimum atomic E-state index is -0.443. The minimum Gasteiger partial charge on any atom is -0.493 e. The molecule has 43 heavy (non-hydrogen) atoms. The van der Waals surface area contributed by atoms with Crippen LogP contribution in [-0.2, 0) is 11.3 Å². The standard InChI is InChI=1S/C33H28Cl2N4O4/c1-42-29-16-14-25(18-30(29)43-2)39-20-28(23-11-7-4-8-12-23)36-33(39)37-31(40)21-38(19-22-9-5-3-6-10-22)32(41)26-15-13-24(34)17-27(26)35/h3-18,20H,19,21H2,1-2H3,(H,36,37,40). The van der Waals surface area contributed by atoms with Gasteiger partial charge < -0.3 is 14.4 Å². The second-order valence-electron chi connectivity index (χ2n) is 9.54. The van der Waals surface area contributed by atoms with Gasteiger partial charge in [0.05, 0.1) is 36.2 Å². The van der Waals surface area contributed by atoms with Crippen LogP contribution in [0.15, 0.2) is 103 Å². The predicted octanol–water partition coefficient (Wildman–Crippen LogP) is 7.14. The van der Waals surface area contributed by atoms with Gasteiger partial charge >= 0.3 is 0 Å². The van der Waals surface area contributed by atoms with Gasteiger partial charge in [0.25, 0.3) is 5.91 Å². The zero-order chi connectivity index (χ0) is 30.3. The predicted molar refractivity (Wildman–Crippen MR) is 168 cm³/mol. The van der Waals surface area contributed by atoms with Crippen molar-refractivity contribution in [1.29, 1.82) is 0 Å². The SMILES string of the molecule is COc1ccc(-n2cc(-c3ccccc3)nc2NC(=O)CN(Cc2ccccc2)C(=O)c2ccc(Cl)cc2Cl)cc1OC. The second kappa shape index (κ2) is 13.5. The number of ether oxygens (including phenoxy) is 2. The molecule has 10 heteroatoms. The van der Waals surface area contributed by atoms with Gasteiger partial charge in [-0.25, -0.2) is 4.98 Å². The summed E-state index contributed by atoms with van der Waals surface area (Å²) in [5.74, 6) is 0.505. The molecule has 0 saturated heterocycles. The zero-order valence-corrected chi connectivity index (χ0v) is 25.0. The number of hydrogen-bond acceptors (Lipinski definition) is 5. The van der Waals surface area contributed by atoms with Crippen LogP contribution in [0.5, 0.6) is 11.5 Å². The number of amides is 2. The molecular weight excluding hydrogens is 587 g/mol. The molecule has 0 spiro atoms. The highest BCUT2D eigenvalue weighted by Gasteiger charge is 2.23. The number of benzene rings is 4. The van der Waals surface area contributed by atoms with E-state index in [0.717, 1.165) is 11.1 Å². The van der Waals surface area contributed by atoms with Crippen LogP contribution in [0.4, 0.5) is 5.95 Å². The lowest BCUT2D eigenvalue weighted by atomic mass is 10.1. The van der Waals surface area contributed by atoms with Crippen molar-refractivity contribution in [2.24, 2.45) is 0 Å². The van der Waals surface area contributed by atoms with Crippen molar-refractivity contribution in [3.63, 3.8) is 0 Å². The van der Waals surface area contributed by atoms with Crippen LogP contribution in [0.1, 0.15) is 15.9 Å². The number of aromatic nitrogens is 2. The summed E-state index contributed by atoms with van der Waals surface area (Å²) in [5.41, 5.74) is 3.30. The third kappa shape index (κ3) is 6.99. The van der Waals surface area contributed by atoms with E-state index in [1.807, 2.05) is 72.9 Å². The Morgan fingerprint density at radius 2 is 1.56 bits per heavy atom.